The molecule has 1 N–H and O–H groups in total. The molecule has 1 atom stereocenters. The molecule has 1 saturated heterocycles. The highest BCUT2D eigenvalue weighted by Crippen LogP contribution is 2.27. The van der Waals surface area contributed by atoms with Gasteiger partial charge in [-0.15, -0.1) is 0 Å². The summed E-state index contributed by atoms with van der Waals surface area (Å²) in [5.74, 6) is 1.45. The van der Waals surface area contributed by atoms with Crippen molar-refractivity contribution >= 4 is 16.9 Å². The van der Waals surface area contributed by atoms with Gasteiger partial charge in [0.1, 0.15) is 5.82 Å². The molecule has 5 heteroatoms. The van der Waals surface area contributed by atoms with Gasteiger partial charge in [-0.05, 0) is 36.6 Å². The molecule has 1 aliphatic heterocycles. The normalized spacial score (nSPS) is 18.0. The lowest BCUT2D eigenvalue weighted by Gasteiger charge is -2.32. The van der Waals surface area contributed by atoms with E-state index in [1.54, 1.807) is 12.4 Å². The number of H-pyrrole nitrogens is 1. The number of hydrogen-bond acceptors (Lipinski definition) is 3. The smallest absolute Gasteiger partial charge is 0.227 e. The number of aromatic amines is 1. The molecule has 122 valence electrons. The first kappa shape index (κ1) is 14.9. The van der Waals surface area contributed by atoms with Crippen molar-refractivity contribution in [1.29, 1.82) is 0 Å². The van der Waals surface area contributed by atoms with Gasteiger partial charge in [-0.1, -0.05) is 18.2 Å². The third-order valence-electron chi connectivity index (χ3n) is 4.65. The topological polar surface area (TPSA) is 61.9 Å². The fourth-order valence-corrected chi connectivity index (χ4v) is 3.38. The van der Waals surface area contributed by atoms with E-state index in [0.29, 0.717) is 6.42 Å². The van der Waals surface area contributed by atoms with E-state index in [1.807, 2.05) is 41.3 Å². The number of hydrogen-bond donors (Lipinski definition) is 1. The fourth-order valence-electron chi connectivity index (χ4n) is 3.38. The van der Waals surface area contributed by atoms with Crippen molar-refractivity contribution in [1.82, 2.24) is 19.9 Å². The van der Waals surface area contributed by atoms with Crippen LogP contribution < -0.4 is 0 Å². The van der Waals surface area contributed by atoms with Crippen LogP contribution in [0.15, 0.2) is 48.8 Å². The molecule has 2 aromatic heterocycles. The molecule has 1 aliphatic rings. The second kappa shape index (κ2) is 6.43. The molecule has 1 fully saturated rings. The predicted octanol–water partition coefficient (Wildman–Crippen LogP) is 2.91. The van der Waals surface area contributed by atoms with Gasteiger partial charge in [0.2, 0.25) is 5.91 Å². The van der Waals surface area contributed by atoms with Crippen LogP contribution in [0.5, 0.6) is 0 Å². The molecule has 4 rings (SSSR count). The van der Waals surface area contributed by atoms with Crippen LogP contribution in [0.3, 0.4) is 0 Å². The molecular weight excluding hydrogens is 300 g/mol. The Hall–Kier alpha value is -2.69. The summed E-state index contributed by atoms with van der Waals surface area (Å²) in [4.78, 5) is 26.8. The van der Waals surface area contributed by atoms with Crippen molar-refractivity contribution in [3.8, 4) is 0 Å². The van der Waals surface area contributed by atoms with Crippen molar-refractivity contribution < 1.29 is 4.79 Å². The third kappa shape index (κ3) is 3.02. The summed E-state index contributed by atoms with van der Waals surface area (Å²) in [6.45, 7) is 1.56. The summed E-state index contributed by atoms with van der Waals surface area (Å²) in [7, 11) is 0. The maximum absolute atomic E-state index is 12.6. The van der Waals surface area contributed by atoms with Crippen LogP contribution in [-0.2, 0) is 11.2 Å². The zero-order valence-electron chi connectivity index (χ0n) is 13.5. The van der Waals surface area contributed by atoms with Crippen LogP contribution in [0.25, 0.3) is 11.0 Å². The standard InChI is InChI=1S/C19H20N4O/c24-18(11-14-5-3-9-20-12-14)23-10-4-6-15(13-23)19-21-16-7-1-2-8-17(16)22-19/h1-3,5,7-9,12,15H,4,6,10-11,13H2,(H,21,22)/t15-/m1/s1. The summed E-state index contributed by atoms with van der Waals surface area (Å²) in [6, 6.07) is 11.9. The maximum atomic E-state index is 12.6. The summed E-state index contributed by atoms with van der Waals surface area (Å²) in [5.41, 5.74) is 3.02. The Morgan fingerprint density at radius 1 is 1.25 bits per heavy atom. The molecule has 0 aliphatic carbocycles. The Labute approximate surface area is 140 Å². The van der Waals surface area contributed by atoms with Gasteiger partial charge in [-0.2, -0.15) is 0 Å². The maximum Gasteiger partial charge on any atom is 0.227 e. The highest BCUT2D eigenvalue weighted by atomic mass is 16.2. The number of nitrogens with zero attached hydrogens (tertiary/aromatic N) is 3. The van der Waals surface area contributed by atoms with E-state index in [0.717, 1.165) is 48.4 Å². The molecule has 0 bridgehead atoms. The van der Waals surface area contributed by atoms with E-state index >= 15 is 0 Å². The first-order valence-corrected chi connectivity index (χ1v) is 8.41. The lowest BCUT2D eigenvalue weighted by Crippen LogP contribution is -2.40. The molecule has 1 aromatic carbocycles. The van der Waals surface area contributed by atoms with Gasteiger partial charge in [-0.3, -0.25) is 9.78 Å². The number of benzene rings is 1. The fraction of sp³-hybridized carbons (Fsp3) is 0.316. The van der Waals surface area contributed by atoms with Gasteiger partial charge in [0.25, 0.3) is 0 Å². The molecular formula is C19H20N4O. The largest absolute Gasteiger partial charge is 0.342 e. The lowest BCUT2D eigenvalue weighted by molar-refractivity contribution is -0.131. The molecule has 0 spiro atoms. The van der Waals surface area contributed by atoms with Crippen LogP contribution in [0.2, 0.25) is 0 Å². The highest BCUT2D eigenvalue weighted by molar-refractivity contribution is 5.79. The van der Waals surface area contributed by atoms with Crippen LogP contribution in [0.1, 0.15) is 30.1 Å². The van der Waals surface area contributed by atoms with Gasteiger partial charge < -0.3 is 9.88 Å². The Bertz CT molecular complexity index is 810. The van der Waals surface area contributed by atoms with Gasteiger partial charge in [0.15, 0.2) is 0 Å². The second-order valence-electron chi connectivity index (χ2n) is 6.36. The van der Waals surface area contributed by atoms with Crippen molar-refractivity contribution in [3.05, 3.63) is 60.2 Å². The van der Waals surface area contributed by atoms with Crippen molar-refractivity contribution in [3.63, 3.8) is 0 Å². The number of piperidine rings is 1. The average molecular weight is 320 g/mol. The lowest BCUT2D eigenvalue weighted by atomic mass is 9.97. The number of para-hydroxylation sites is 2. The number of imidazole rings is 1. The van der Waals surface area contributed by atoms with Crippen molar-refractivity contribution in [2.24, 2.45) is 0 Å². The van der Waals surface area contributed by atoms with Gasteiger partial charge in [0.05, 0.1) is 17.5 Å². The van der Waals surface area contributed by atoms with E-state index in [9.17, 15) is 4.79 Å². The Kier molecular flexibility index (Phi) is 3.99. The summed E-state index contributed by atoms with van der Waals surface area (Å²) >= 11 is 0. The summed E-state index contributed by atoms with van der Waals surface area (Å²) < 4.78 is 0. The van der Waals surface area contributed by atoms with E-state index < -0.39 is 0 Å². The van der Waals surface area contributed by atoms with Crippen LogP contribution in [-0.4, -0.2) is 38.8 Å². The molecule has 5 nitrogen and oxygen atoms in total. The summed E-state index contributed by atoms with van der Waals surface area (Å²) in [5, 5.41) is 0. The second-order valence-corrected chi connectivity index (χ2v) is 6.36. The number of fused-ring (bicyclic) bond motifs is 1. The Morgan fingerprint density at radius 3 is 3.00 bits per heavy atom. The number of carbonyl (C=O) groups excluding carboxylic acids is 1. The average Bonchev–Trinajstić information content (AvgIpc) is 3.07. The van der Waals surface area contributed by atoms with E-state index in [-0.39, 0.29) is 11.8 Å². The highest BCUT2D eigenvalue weighted by Gasteiger charge is 2.26. The number of rotatable bonds is 3. The number of nitrogens with one attached hydrogen (secondary N) is 1. The van der Waals surface area contributed by atoms with Crippen molar-refractivity contribution in [2.45, 2.75) is 25.2 Å². The molecule has 3 heterocycles. The van der Waals surface area contributed by atoms with Crippen LogP contribution in [0.4, 0.5) is 0 Å². The van der Waals surface area contributed by atoms with Gasteiger partial charge >= 0.3 is 0 Å². The van der Waals surface area contributed by atoms with Crippen molar-refractivity contribution in [2.75, 3.05) is 13.1 Å². The Morgan fingerprint density at radius 2 is 2.17 bits per heavy atom. The van der Waals surface area contributed by atoms with E-state index in [4.69, 9.17) is 4.98 Å². The third-order valence-corrected chi connectivity index (χ3v) is 4.65. The van der Waals surface area contributed by atoms with E-state index in [1.165, 1.54) is 0 Å². The monoisotopic (exact) mass is 320 g/mol. The van der Waals surface area contributed by atoms with Crippen LogP contribution in [0, 0.1) is 0 Å². The predicted molar refractivity (Wildman–Crippen MR) is 92.6 cm³/mol. The van der Waals surface area contributed by atoms with Gasteiger partial charge in [0, 0.05) is 31.4 Å². The number of pyridine rings is 1. The molecule has 0 radical (unpaired) electrons. The molecule has 24 heavy (non-hydrogen) atoms. The number of carbonyl (C=O) groups is 1. The van der Waals surface area contributed by atoms with Crippen LogP contribution >= 0.6 is 0 Å². The summed E-state index contributed by atoms with van der Waals surface area (Å²) in [6.07, 6.45) is 5.99. The zero-order valence-corrected chi connectivity index (χ0v) is 13.5. The zero-order chi connectivity index (χ0) is 16.4. The molecule has 3 aromatic rings. The minimum atomic E-state index is 0.170. The molecule has 1 amide bonds. The minimum Gasteiger partial charge on any atom is -0.342 e. The quantitative estimate of drug-likeness (QED) is 0.807. The van der Waals surface area contributed by atoms with Gasteiger partial charge in [-0.25, -0.2) is 4.98 Å². The SMILES string of the molecule is O=C(Cc1cccnc1)N1CCC[C@@H](c2nc3ccccc3[nH]2)C1. The van der Waals surface area contributed by atoms with E-state index in [2.05, 4.69) is 9.97 Å². The molecule has 0 unspecified atom stereocenters. The Balaban J connectivity index is 1.48. The number of amides is 1. The minimum absolute atomic E-state index is 0.170. The first-order valence-electron chi connectivity index (χ1n) is 8.41. The molecule has 0 saturated carbocycles. The number of likely N-dealkylation sites (tertiary alicyclic amines) is 1. The number of aromatic nitrogens is 3. The first-order chi connectivity index (χ1) is 11.8.